The number of aromatic nitrogens is 1. The zero-order valence-corrected chi connectivity index (χ0v) is 7.78. The van der Waals surface area contributed by atoms with Crippen molar-refractivity contribution in [3.05, 3.63) is 28.5 Å². The van der Waals surface area contributed by atoms with Gasteiger partial charge in [-0.3, -0.25) is 0 Å². The first-order valence-electron chi connectivity index (χ1n) is 3.98. The number of nitrogens with one attached hydrogen (secondary N) is 1. The molecule has 2 heterocycles. The Balaban J connectivity index is 2.51. The smallest absolute Gasteiger partial charge is 0.214 e. The van der Waals surface area contributed by atoms with Gasteiger partial charge in [0.2, 0.25) is 5.95 Å². The minimum atomic E-state index is -1.36. The van der Waals surface area contributed by atoms with Gasteiger partial charge in [-0.25, -0.2) is 9.37 Å². The van der Waals surface area contributed by atoms with Gasteiger partial charge < -0.3 is 10.4 Å². The molecule has 0 spiro atoms. The average molecular weight is 221 g/mol. The highest BCUT2D eigenvalue weighted by molar-refractivity contribution is 6.29. The van der Waals surface area contributed by atoms with Crippen molar-refractivity contribution in [3.8, 4) is 0 Å². The van der Waals surface area contributed by atoms with Gasteiger partial charge in [-0.2, -0.15) is 4.39 Å². The second-order valence-electron chi connectivity index (χ2n) is 3.23. The molecule has 1 saturated heterocycles. The summed E-state index contributed by atoms with van der Waals surface area (Å²) in [5, 5.41) is 12.0. The Labute approximate surface area is 83.7 Å². The molecule has 0 aromatic carbocycles. The van der Waals surface area contributed by atoms with Crippen LogP contribution in [0.25, 0.3) is 0 Å². The molecule has 1 aromatic heterocycles. The molecular formula is C8H7ClF2N2O. The monoisotopic (exact) mass is 220 g/mol. The van der Waals surface area contributed by atoms with E-state index in [4.69, 9.17) is 11.6 Å². The number of pyridine rings is 1. The predicted molar refractivity (Wildman–Crippen MR) is 45.9 cm³/mol. The van der Waals surface area contributed by atoms with E-state index in [-0.39, 0.29) is 18.7 Å². The highest BCUT2D eigenvalue weighted by Crippen LogP contribution is 2.30. The Hall–Kier alpha value is -0.780. The molecule has 1 aliphatic rings. The summed E-state index contributed by atoms with van der Waals surface area (Å²) in [6.07, 6.45) is 0. The third kappa shape index (κ3) is 1.37. The molecule has 0 bridgehead atoms. The Bertz CT molecular complexity index is 382. The lowest BCUT2D eigenvalue weighted by Crippen LogP contribution is -2.57. The van der Waals surface area contributed by atoms with Gasteiger partial charge in [0.1, 0.15) is 5.60 Å². The summed E-state index contributed by atoms with van der Waals surface area (Å²) in [4.78, 5) is 3.10. The van der Waals surface area contributed by atoms with Crippen molar-refractivity contribution in [2.45, 2.75) is 5.60 Å². The van der Waals surface area contributed by atoms with Crippen molar-refractivity contribution in [1.29, 1.82) is 0 Å². The third-order valence-electron chi connectivity index (χ3n) is 2.22. The van der Waals surface area contributed by atoms with Crippen molar-refractivity contribution in [1.82, 2.24) is 10.3 Å². The summed E-state index contributed by atoms with van der Waals surface area (Å²) < 4.78 is 26.2. The van der Waals surface area contributed by atoms with Crippen molar-refractivity contribution < 1.29 is 13.9 Å². The van der Waals surface area contributed by atoms with E-state index < -0.39 is 22.5 Å². The number of nitrogens with zero attached hydrogens (tertiary/aromatic N) is 1. The topological polar surface area (TPSA) is 45.2 Å². The van der Waals surface area contributed by atoms with E-state index in [9.17, 15) is 13.9 Å². The second-order valence-corrected chi connectivity index (χ2v) is 3.59. The third-order valence-corrected chi connectivity index (χ3v) is 2.47. The van der Waals surface area contributed by atoms with Gasteiger partial charge >= 0.3 is 0 Å². The van der Waals surface area contributed by atoms with Crippen LogP contribution in [0.3, 0.4) is 0 Å². The maximum atomic E-state index is 13.3. The van der Waals surface area contributed by atoms with E-state index in [0.717, 1.165) is 6.07 Å². The summed E-state index contributed by atoms with van der Waals surface area (Å²) in [7, 11) is 0. The number of hydrogen-bond acceptors (Lipinski definition) is 3. The normalized spacial score (nSPS) is 19.1. The van der Waals surface area contributed by atoms with Gasteiger partial charge in [0.05, 0.1) is 0 Å². The molecular weight excluding hydrogens is 214 g/mol. The molecule has 0 saturated carbocycles. The van der Waals surface area contributed by atoms with Crippen molar-refractivity contribution >= 4 is 11.6 Å². The van der Waals surface area contributed by atoms with E-state index in [2.05, 4.69) is 10.3 Å². The minimum Gasteiger partial charge on any atom is -0.382 e. The van der Waals surface area contributed by atoms with Crippen molar-refractivity contribution in [2.24, 2.45) is 0 Å². The lowest BCUT2D eigenvalue weighted by atomic mass is 9.88. The largest absolute Gasteiger partial charge is 0.382 e. The molecule has 0 aliphatic carbocycles. The maximum absolute atomic E-state index is 13.3. The molecule has 14 heavy (non-hydrogen) atoms. The zero-order valence-electron chi connectivity index (χ0n) is 7.02. The Morgan fingerprint density at radius 2 is 2.14 bits per heavy atom. The quantitative estimate of drug-likeness (QED) is 0.689. The minimum absolute atomic E-state index is 0.145. The zero-order chi connectivity index (χ0) is 10.3. The first-order chi connectivity index (χ1) is 6.53. The van der Waals surface area contributed by atoms with Crippen LogP contribution in [0.2, 0.25) is 5.15 Å². The summed E-state index contributed by atoms with van der Waals surface area (Å²) in [6, 6.07) is 0.863. The van der Waals surface area contributed by atoms with Crippen LogP contribution in [0.5, 0.6) is 0 Å². The molecule has 6 heteroatoms. The van der Waals surface area contributed by atoms with Crippen molar-refractivity contribution in [3.63, 3.8) is 0 Å². The fourth-order valence-electron chi connectivity index (χ4n) is 1.36. The molecule has 76 valence electrons. The van der Waals surface area contributed by atoms with Crippen LogP contribution in [-0.4, -0.2) is 23.2 Å². The van der Waals surface area contributed by atoms with Gasteiger partial charge in [0.15, 0.2) is 11.0 Å². The fourth-order valence-corrected chi connectivity index (χ4v) is 1.54. The van der Waals surface area contributed by atoms with E-state index in [1.54, 1.807) is 0 Å². The molecule has 0 atom stereocenters. The van der Waals surface area contributed by atoms with Gasteiger partial charge in [-0.15, -0.1) is 0 Å². The van der Waals surface area contributed by atoms with Crippen molar-refractivity contribution in [2.75, 3.05) is 13.1 Å². The summed E-state index contributed by atoms with van der Waals surface area (Å²) in [5.41, 5.74) is -1.51. The lowest BCUT2D eigenvalue weighted by molar-refractivity contribution is -0.0180. The van der Waals surface area contributed by atoms with E-state index in [0.29, 0.717) is 0 Å². The lowest BCUT2D eigenvalue weighted by Gasteiger charge is -2.38. The molecule has 2 rings (SSSR count). The first-order valence-corrected chi connectivity index (χ1v) is 4.36. The van der Waals surface area contributed by atoms with Gasteiger partial charge in [0, 0.05) is 24.7 Å². The highest BCUT2D eigenvalue weighted by Gasteiger charge is 2.39. The van der Waals surface area contributed by atoms with E-state index >= 15 is 0 Å². The van der Waals surface area contributed by atoms with Gasteiger partial charge in [-0.1, -0.05) is 11.6 Å². The molecule has 0 radical (unpaired) electrons. The highest BCUT2D eigenvalue weighted by atomic mass is 35.5. The number of hydrogen-bond donors (Lipinski definition) is 2. The van der Waals surface area contributed by atoms with Crippen LogP contribution in [0.4, 0.5) is 8.78 Å². The molecule has 0 amide bonds. The maximum Gasteiger partial charge on any atom is 0.214 e. The number of rotatable bonds is 1. The SMILES string of the molecule is OC1(c2cc(F)nc(Cl)c2F)CNC1. The molecule has 1 aliphatic heterocycles. The summed E-state index contributed by atoms with van der Waals surface area (Å²) >= 11 is 5.35. The molecule has 2 N–H and O–H groups in total. The standard InChI is InChI=1S/C8H7ClF2N2O/c9-7-6(11)4(1-5(10)13-7)8(14)2-12-3-8/h1,12,14H,2-3H2. The molecule has 3 nitrogen and oxygen atoms in total. The van der Waals surface area contributed by atoms with Crippen LogP contribution >= 0.6 is 11.6 Å². The Morgan fingerprint density at radius 1 is 1.50 bits per heavy atom. The van der Waals surface area contributed by atoms with Crippen LogP contribution in [0.15, 0.2) is 6.07 Å². The van der Waals surface area contributed by atoms with Gasteiger partial charge in [0.25, 0.3) is 0 Å². The number of aliphatic hydroxyl groups is 1. The summed E-state index contributed by atoms with van der Waals surface area (Å²) in [5.74, 6) is -1.76. The fraction of sp³-hybridized carbons (Fsp3) is 0.375. The summed E-state index contributed by atoms with van der Waals surface area (Å²) in [6.45, 7) is 0.368. The number of halogens is 3. The molecule has 1 fully saturated rings. The molecule has 1 aromatic rings. The Morgan fingerprint density at radius 3 is 2.64 bits per heavy atom. The van der Waals surface area contributed by atoms with Crippen LogP contribution < -0.4 is 5.32 Å². The van der Waals surface area contributed by atoms with Crippen LogP contribution in [0.1, 0.15) is 5.56 Å². The Kier molecular flexibility index (Phi) is 2.17. The average Bonchev–Trinajstić information content (AvgIpc) is 2.07. The van der Waals surface area contributed by atoms with Crippen LogP contribution in [-0.2, 0) is 5.60 Å². The predicted octanol–water partition coefficient (Wildman–Crippen LogP) is 0.804. The second kappa shape index (κ2) is 3.12. The first kappa shape index (κ1) is 9.76. The van der Waals surface area contributed by atoms with E-state index in [1.165, 1.54) is 0 Å². The molecule has 0 unspecified atom stereocenters. The van der Waals surface area contributed by atoms with Crippen LogP contribution in [0, 0.1) is 11.8 Å². The number of β-amino-alcohol motifs (C(OH)–C–C–N with tert-alkyl or cyclic N) is 1. The van der Waals surface area contributed by atoms with E-state index in [1.807, 2.05) is 0 Å². The van der Waals surface area contributed by atoms with Gasteiger partial charge in [-0.05, 0) is 0 Å².